The van der Waals surface area contributed by atoms with E-state index in [0.29, 0.717) is 19.4 Å². The summed E-state index contributed by atoms with van der Waals surface area (Å²) >= 11 is 0. The van der Waals surface area contributed by atoms with E-state index in [0.717, 1.165) is 12.8 Å². The molecular weight excluding hydrogens is 405 g/mol. The summed E-state index contributed by atoms with van der Waals surface area (Å²) in [7, 11) is 0. The number of carbonyl (C=O) groups is 1. The Labute approximate surface area is 181 Å². The number of hydrogen-bond donors (Lipinski definition) is 1. The zero-order valence-electron chi connectivity index (χ0n) is 18.4. The first-order valence-electron chi connectivity index (χ1n) is 11.4. The van der Waals surface area contributed by atoms with Gasteiger partial charge in [-0.15, -0.1) is 0 Å². The van der Waals surface area contributed by atoms with Crippen molar-refractivity contribution < 1.29 is 23.1 Å². The number of fused-ring (bicyclic) bond motifs is 6. The molecule has 0 aromatic heterocycles. The Balaban J connectivity index is 1.45. The number of alkyl halides is 3. The summed E-state index contributed by atoms with van der Waals surface area (Å²) in [6, 6.07) is 7.20. The Morgan fingerprint density at radius 1 is 1.10 bits per heavy atom. The zero-order valence-corrected chi connectivity index (χ0v) is 18.4. The molecule has 1 aromatic rings. The molecule has 31 heavy (non-hydrogen) atoms. The average molecular weight is 437 g/mol. The third kappa shape index (κ3) is 2.74. The maximum atomic E-state index is 13.8. The van der Waals surface area contributed by atoms with Gasteiger partial charge >= 0.3 is 12.2 Å². The molecule has 0 radical (unpaired) electrons. The van der Waals surface area contributed by atoms with Crippen molar-refractivity contribution in [1.82, 2.24) is 9.80 Å². The summed E-state index contributed by atoms with van der Waals surface area (Å²) in [5.74, 6) is 0. The Bertz CT molecular complexity index is 900. The molecule has 1 N–H and O–H groups in total. The molecule has 3 fully saturated rings. The molecule has 7 heteroatoms. The molecule has 1 aliphatic carbocycles. The van der Waals surface area contributed by atoms with Crippen molar-refractivity contribution in [2.24, 2.45) is 5.41 Å². The largest absolute Gasteiger partial charge is 0.417 e. The molecule has 2 amide bonds. The number of likely N-dealkylation sites (tertiary alicyclic amines) is 1. The molecule has 1 aromatic carbocycles. The highest BCUT2D eigenvalue weighted by Gasteiger charge is 2.63. The van der Waals surface area contributed by atoms with Crippen molar-refractivity contribution >= 4 is 6.03 Å². The number of piperidine rings is 2. The molecule has 4 bridgehead atoms. The predicted octanol–water partition coefficient (Wildman–Crippen LogP) is 4.64. The lowest BCUT2D eigenvalue weighted by molar-refractivity contribution is -0.277. The van der Waals surface area contributed by atoms with E-state index in [-0.39, 0.29) is 22.9 Å². The summed E-state index contributed by atoms with van der Waals surface area (Å²) in [5.41, 5.74) is -0.270. The molecule has 5 rings (SSSR count). The van der Waals surface area contributed by atoms with Gasteiger partial charge in [-0.05, 0) is 42.2 Å². The standard InChI is InChI=1S/C24H31F3N2O2/c1-21(2)19-12-15-6-4-5-7-18(15)22(21,3)10-11-28(19)20(30)29-16-8-9-17(29)14-23(31,13-16)24(25,26)27/h4-7,16-17,19,31H,8-14H2,1-3H3/t16-,17+,19-,22+,23?/m1/s1. The van der Waals surface area contributed by atoms with Crippen LogP contribution < -0.4 is 0 Å². The van der Waals surface area contributed by atoms with Crippen LogP contribution in [0.25, 0.3) is 0 Å². The van der Waals surface area contributed by atoms with E-state index >= 15 is 0 Å². The van der Waals surface area contributed by atoms with Gasteiger partial charge in [-0.1, -0.05) is 45.0 Å². The predicted molar refractivity (Wildman–Crippen MR) is 111 cm³/mol. The Hall–Kier alpha value is -1.76. The van der Waals surface area contributed by atoms with Crippen LogP contribution in [0.1, 0.15) is 64.0 Å². The lowest BCUT2D eigenvalue weighted by Gasteiger charge is -2.61. The molecule has 3 aliphatic heterocycles. The van der Waals surface area contributed by atoms with Crippen molar-refractivity contribution in [3.05, 3.63) is 35.4 Å². The summed E-state index contributed by atoms with van der Waals surface area (Å²) < 4.78 is 40.4. The highest BCUT2D eigenvalue weighted by Crippen LogP contribution is 2.56. The fraction of sp³-hybridized carbons (Fsp3) is 0.708. The third-order valence-electron chi connectivity index (χ3n) is 9.27. The minimum Gasteiger partial charge on any atom is -0.380 e. The van der Waals surface area contributed by atoms with Crippen LogP contribution in [0.2, 0.25) is 0 Å². The molecule has 0 saturated carbocycles. The van der Waals surface area contributed by atoms with Crippen LogP contribution in [0.5, 0.6) is 0 Å². The number of amides is 2. The van der Waals surface area contributed by atoms with Crippen molar-refractivity contribution in [3.63, 3.8) is 0 Å². The zero-order chi connectivity index (χ0) is 22.4. The Morgan fingerprint density at radius 3 is 2.32 bits per heavy atom. The molecule has 4 aliphatic rings. The number of halogens is 3. The van der Waals surface area contributed by atoms with E-state index in [4.69, 9.17) is 0 Å². The van der Waals surface area contributed by atoms with Gasteiger partial charge in [0.2, 0.25) is 0 Å². The maximum absolute atomic E-state index is 13.8. The molecular formula is C24H31F3N2O2. The topological polar surface area (TPSA) is 43.8 Å². The van der Waals surface area contributed by atoms with Gasteiger partial charge in [0.05, 0.1) is 0 Å². The third-order valence-corrected chi connectivity index (χ3v) is 9.27. The second kappa shape index (κ2) is 6.40. The van der Waals surface area contributed by atoms with Crippen LogP contribution in [-0.2, 0) is 11.8 Å². The summed E-state index contributed by atoms with van der Waals surface area (Å²) in [6.07, 6.45) is -2.85. The number of urea groups is 1. The second-order valence-corrected chi connectivity index (χ2v) is 10.9. The fourth-order valence-electron chi connectivity index (χ4n) is 7.02. The van der Waals surface area contributed by atoms with Crippen LogP contribution in [-0.4, -0.2) is 57.4 Å². The number of benzene rings is 1. The van der Waals surface area contributed by atoms with Gasteiger partial charge in [0.1, 0.15) is 0 Å². The first-order valence-corrected chi connectivity index (χ1v) is 11.4. The Kier molecular flexibility index (Phi) is 4.35. The first kappa shape index (κ1) is 21.1. The summed E-state index contributed by atoms with van der Waals surface area (Å²) in [4.78, 5) is 17.4. The van der Waals surface area contributed by atoms with Crippen LogP contribution in [0, 0.1) is 5.41 Å². The van der Waals surface area contributed by atoms with Crippen LogP contribution in [0.4, 0.5) is 18.0 Å². The normalized spacial score (nSPS) is 38.7. The Morgan fingerprint density at radius 2 is 1.71 bits per heavy atom. The molecule has 170 valence electrons. The minimum absolute atomic E-state index is 0.00326. The quantitative estimate of drug-likeness (QED) is 0.644. The second-order valence-electron chi connectivity index (χ2n) is 10.9. The summed E-state index contributed by atoms with van der Waals surface area (Å²) in [6.45, 7) is 7.34. The number of nitrogens with zero attached hydrogens (tertiary/aromatic N) is 2. The molecule has 5 atom stereocenters. The molecule has 3 heterocycles. The van der Waals surface area contributed by atoms with Gasteiger partial charge < -0.3 is 14.9 Å². The van der Waals surface area contributed by atoms with E-state index in [1.165, 1.54) is 11.1 Å². The van der Waals surface area contributed by atoms with Gasteiger partial charge in [0.15, 0.2) is 5.60 Å². The minimum atomic E-state index is -4.66. The highest BCUT2D eigenvalue weighted by molar-refractivity contribution is 5.77. The molecule has 3 saturated heterocycles. The van der Waals surface area contributed by atoms with Gasteiger partial charge in [0, 0.05) is 42.9 Å². The maximum Gasteiger partial charge on any atom is 0.417 e. The number of aliphatic hydroxyl groups is 1. The van der Waals surface area contributed by atoms with Gasteiger partial charge in [-0.25, -0.2) is 4.79 Å². The van der Waals surface area contributed by atoms with E-state index in [1.807, 2.05) is 11.0 Å². The van der Waals surface area contributed by atoms with Gasteiger partial charge in [0.25, 0.3) is 0 Å². The fourth-order valence-corrected chi connectivity index (χ4v) is 7.02. The lowest BCUT2D eigenvalue weighted by atomic mass is 9.51. The van der Waals surface area contributed by atoms with E-state index in [1.54, 1.807) is 4.90 Å². The van der Waals surface area contributed by atoms with Crippen LogP contribution >= 0.6 is 0 Å². The molecule has 4 nitrogen and oxygen atoms in total. The molecule has 0 spiro atoms. The monoisotopic (exact) mass is 436 g/mol. The average Bonchev–Trinajstić information content (AvgIpc) is 2.95. The van der Waals surface area contributed by atoms with Crippen molar-refractivity contribution in [1.29, 1.82) is 0 Å². The first-order chi connectivity index (χ1) is 14.4. The highest BCUT2D eigenvalue weighted by atomic mass is 19.4. The van der Waals surface area contributed by atoms with E-state index < -0.39 is 36.7 Å². The van der Waals surface area contributed by atoms with Gasteiger partial charge in [-0.2, -0.15) is 13.2 Å². The number of rotatable bonds is 0. The number of carbonyl (C=O) groups excluding carboxylic acids is 1. The van der Waals surface area contributed by atoms with Crippen LogP contribution in [0.3, 0.4) is 0 Å². The van der Waals surface area contributed by atoms with E-state index in [9.17, 15) is 23.1 Å². The lowest BCUT2D eigenvalue weighted by Crippen LogP contribution is -2.68. The number of hydrogen-bond acceptors (Lipinski definition) is 2. The van der Waals surface area contributed by atoms with Crippen molar-refractivity contribution in [2.45, 2.75) is 94.6 Å². The van der Waals surface area contributed by atoms with Gasteiger partial charge in [-0.3, -0.25) is 0 Å². The SMILES string of the molecule is CC1(C)[C@H]2Cc3ccccc3[C@]1(C)CCN2C(=O)N1[C@@H]2CC[C@H]1CC(O)(C(F)(F)F)C2. The van der Waals surface area contributed by atoms with E-state index in [2.05, 4.69) is 39.0 Å². The van der Waals surface area contributed by atoms with Crippen molar-refractivity contribution in [2.75, 3.05) is 6.54 Å². The van der Waals surface area contributed by atoms with Crippen molar-refractivity contribution in [3.8, 4) is 0 Å². The van der Waals surface area contributed by atoms with Crippen LogP contribution in [0.15, 0.2) is 24.3 Å². The summed E-state index contributed by atoms with van der Waals surface area (Å²) in [5, 5.41) is 10.3. The smallest absolute Gasteiger partial charge is 0.380 e. The molecule has 1 unspecified atom stereocenters.